The minimum absolute atomic E-state index is 0. The molecule has 1 aliphatic heterocycles. The number of carbonyl (C=O) groups is 1. The van der Waals surface area contributed by atoms with Gasteiger partial charge in [0.15, 0.2) is 9.84 Å². The molecule has 1 saturated heterocycles. The number of sulfone groups is 1. The van der Waals surface area contributed by atoms with Gasteiger partial charge in [-0.2, -0.15) is 11.8 Å². The van der Waals surface area contributed by atoms with Gasteiger partial charge in [-0.25, -0.2) is 8.42 Å². The van der Waals surface area contributed by atoms with Gasteiger partial charge in [0.25, 0.3) is 0 Å². The zero-order chi connectivity index (χ0) is 17.0. The molecular weight excluding hydrogens is 368 g/mol. The predicted molar refractivity (Wildman–Crippen MR) is 102 cm³/mol. The summed E-state index contributed by atoms with van der Waals surface area (Å²) in [5, 5.41) is 3.37. The fourth-order valence-electron chi connectivity index (χ4n) is 2.54. The van der Waals surface area contributed by atoms with E-state index in [0.717, 1.165) is 23.6 Å². The summed E-state index contributed by atoms with van der Waals surface area (Å²) >= 11 is 1.88. The molecule has 1 N–H and O–H groups in total. The zero-order valence-electron chi connectivity index (χ0n) is 14.2. The molecule has 0 aromatic heterocycles. The van der Waals surface area contributed by atoms with Crippen molar-refractivity contribution in [1.29, 1.82) is 0 Å². The highest BCUT2D eigenvalue weighted by Crippen LogP contribution is 2.22. The van der Waals surface area contributed by atoms with E-state index < -0.39 is 9.84 Å². The van der Waals surface area contributed by atoms with Gasteiger partial charge in [-0.1, -0.05) is 12.1 Å². The fraction of sp³-hybridized carbons (Fsp3) is 0.562. The molecule has 1 heterocycles. The Bertz CT molecular complexity index is 644. The van der Waals surface area contributed by atoms with Crippen LogP contribution in [0, 0.1) is 0 Å². The summed E-state index contributed by atoms with van der Waals surface area (Å²) in [5.74, 6) is 2.17. The molecule has 5 nitrogen and oxygen atoms in total. The Morgan fingerprint density at radius 1 is 1.38 bits per heavy atom. The van der Waals surface area contributed by atoms with E-state index >= 15 is 0 Å². The lowest BCUT2D eigenvalue weighted by Crippen LogP contribution is -2.42. The van der Waals surface area contributed by atoms with Crippen molar-refractivity contribution in [1.82, 2.24) is 10.2 Å². The quantitative estimate of drug-likeness (QED) is 0.831. The summed E-state index contributed by atoms with van der Waals surface area (Å²) in [6.45, 7) is 2.91. The average Bonchev–Trinajstić information content (AvgIpc) is 2.53. The van der Waals surface area contributed by atoms with Crippen LogP contribution in [0.15, 0.2) is 29.2 Å². The molecule has 1 aromatic carbocycles. The average molecular weight is 393 g/mol. The number of halogens is 1. The van der Waals surface area contributed by atoms with E-state index in [4.69, 9.17) is 0 Å². The van der Waals surface area contributed by atoms with Crippen molar-refractivity contribution in [3.05, 3.63) is 29.8 Å². The second-order valence-corrected chi connectivity index (χ2v) is 9.12. The summed E-state index contributed by atoms with van der Waals surface area (Å²) < 4.78 is 23.0. The summed E-state index contributed by atoms with van der Waals surface area (Å²) in [6.07, 6.45) is 1.69. The SMILES string of the molecule is CC(c1ccc(S(C)(=O)=O)cc1)N(C)C(=O)CC1CSCCN1.Cl. The maximum atomic E-state index is 12.4. The van der Waals surface area contributed by atoms with E-state index in [-0.39, 0.29) is 30.4 Å². The van der Waals surface area contributed by atoms with Crippen LogP contribution in [0.2, 0.25) is 0 Å². The number of carbonyl (C=O) groups excluding carboxylic acids is 1. The normalized spacial score (nSPS) is 19.2. The number of hydrogen-bond donors (Lipinski definition) is 1. The van der Waals surface area contributed by atoms with E-state index in [1.54, 1.807) is 36.2 Å². The van der Waals surface area contributed by atoms with Crippen molar-refractivity contribution in [2.24, 2.45) is 0 Å². The van der Waals surface area contributed by atoms with Crippen LogP contribution in [0.3, 0.4) is 0 Å². The van der Waals surface area contributed by atoms with Crippen LogP contribution in [-0.4, -0.2) is 56.6 Å². The molecule has 0 radical (unpaired) electrons. The van der Waals surface area contributed by atoms with E-state index in [1.165, 1.54) is 6.26 Å². The Balaban J connectivity index is 0.00000288. The Labute approximate surface area is 154 Å². The Morgan fingerprint density at radius 3 is 2.50 bits per heavy atom. The van der Waals surface area contributed by atoms with Gasteiger partial charge in [-0.3, -0.25) is 4.79 Å². The minimum Gasteiger partial charge on any atom is -0.339 e. The Kier molecular flexibility index (Phi) is 8.05. The van der Waals surface area contributed by atoms with Crippen molar-refractivity contribution in [3.8, 4) is 0 Å². The second kappa shape index (κ2) is 9.08. The van der Waals surface area contributed by atoms with Crippen molar-refractivity contribution in [3.63, 3.8) is 0 Å². The van der Waals surface area contributed by atoms with E-state index in [0.29, 0.717) is 11.3 Å². The molecule has 2 unspecified atom stereocenters. The maximum absolute atomic E-state index is 12.4. The van der Waals surface area contributed by atoms with Gasteiger partial charge in [0.1, 0.15) is 0 Å². The Hall–Kier alpha value is -0.760. The smallest absolute Gasteiger partial charge is 0.224 e. The van der Waals surface area contributed by atoms with E-state index in [2.05, 4.69) is 5.32 Å². The number of nitrogens with one attached hydrogen (secondary N) is 1. The van der Waals surface area contributed by atoms with Crippen molar-refractivity contribution < 1.29 is 13.2 Å². The number of nitrogens with zero attached hydrogens (tertiary/aromatic N) is 1. The van der Waals surface area contributed by atoms with E-state index in [1.807, 2.05) is 18.7 Å². The molecule has 1 aliphatic rings. The number of hydrogen-bond acceptors (Lipinski definition) is 5. The molecule has 1 fully saturated rings. The lowest BCUT2D eigenvalue weighted by molar-refractivity contribution is -0.132. The van der Waals surface area contributed by atoms with Crippen LogP contribution < -0.4 is 5.32 Å². The molecule has 1 amide bonds. The lowest BCUT2D eigenvalue weighted by atomic mass is 10.1. The first-order chi connectivity index (χ1) is 10.8. The third kappa shape index (κ3) is 5.65. The molecule has 2 rings (SSSR count). The first-order valence-corrected chi connectivity index (χ1v) is 10.7. The van der Waals surface area contributed by atoms with Crippen molar-refractivity contribution in [2.45, 2.75) is 30.3 Å². The molecule has 24 heavy (non-hydrogen) atoms. The van der Waals surface area contributed by atoms with Gasteiger partial charge < -0.3 is 10.2 Å². The third-order valence-electron chi connectivity index (χ3n) is 4.18. The van der Waals surface area contributed by atoms with Crippen molar-refractivity contribution >= 4 is 39.9 Å². The van der Waals surface area contributed by atoms with Crippen molar-refractivity contribution in [2.75, 3.05) is 31.4 Å². The van der Waals surface area contributed by atoms with Gasteiger partial charge in [0.2, 0.25) is 5.91 Å². The molecule has 0 spiro atoms. The van der Waals surface area contributed by atoms with Gasteiger partial charge in [0, 0.05) is 43.8 Å². The standard InChI is InChI=1S/C16H24N2O3S2.ClH/c1-12(13-4-6-15(7-5-13)23(3,20)21)18(2)16(19)10-14-11-22-9-8-17-14;/h4-7,12,14,17H,8-11H2,1-3H3;1H. The first-order valence-electron chi connectivity index (χ1n) is 7.66. The van der Waals surface area contributed by atoms with Gasteiger partial charge in [-0.15, -0.1) is 12.4 Å². The second-order valence-electron chi connectivity index (χ2n) is 5.95. The van der Waals surface area contributed by atoms with Gasteiger partial charge >= 0.3 is 0 Å². The number of amides is 1. The third-order valence-corrected chi connectivity index (χ3v) is 6.44. The van der Waals surface area contributed by atoms with Crippen LogP contribution in [0.5, 0.6) is 0 Å². The number of thioether (sulfide) groups is 1. The van der Waals surface area contributed by atoms with Crippen LogP contribution >= 0.6 is 24.2 Å². The highest BCUT2D eigenvalue weighted by Gasteiger charge is 2.22. The topological polar surface area (TPSA) is 66.5 Å². The number of rotatable bonds is 5. The zero-order valence-corrected chi connectivity index (χ0v) is 16.6. The number of benzene rings is 1. The van der Waals surface area contributed by atoms with Crippen LogP contribution in [0.1, 0.15) is 24.9 Å². The highest BCUT2D eigenvalue weighted by atomic mass is 35.5. The monoisotopic (exact) mass is 392 g/mol. The predicted octanol–water partition coefficient (Wildman–Crippen LogP) is 2.13. The molecule has 136 valence electrons. The minimum atomic E-state index is -3.19. The molecule has 0 aliphatic carbocycles. The first kappa shape index (κ1) is 21.3. The van der Waals surface area contributed by atoms with Crippen LogP contribution in [0.25, 0.3) is 0 Å². The van der Waals surface area contributed by atoms with Gasteiger partial charge in [0.05, 0.1) is 10.9 Å². The van der Waals surface area contributed by atoms with Crippen LogP contribution in [-0.2, 0) is 14.6 Å². The van der Waals surface area contributed by atoms with Crippen LogP contribution in [0.4, 0.5) is 0 Å². The Morgan fingerprint density at radius 2 is 2.00 bits per heavy atom. The summed E-state index contributed by atoms with van der Waals surface area (Å²) in [6, 6.07) is 6.90. The molecule has 2 atom stereocenters. The molecule has 0 saturated carbocycles. The molecular formula is C16H25ClN2O3S2. The lowest BCUT2D eigenvalue weighted by Gasteiger charge is -2.29. The fourth-order valence-corrected chi connectivity index (χ4v) is 4.12. The molecule has 8 heteroatoms. The largest absolute Gasteiger partial charge is 0.339 e. The summed E-state index contributed by atoms with van der Waals surface area (Å²) in [4.78, 5) is 14.5. The molecule has 1 aromatic rings. The van der Waals surface area contributed by atoms with E-state index in [9.17, 15) is 13.2 Å². The van der Waals surface area contributed by atoms with Gasteiger partial charge in [-0.05, 0) is 24.6 Å². The highest BCUT2D eigenvalue weighted by molar-refractivity contribution is 7.99. The summed E-state index contributed by atoms with van der Waals surface area (Å²) in [7, 11) is -1.39. The molecule has 0 bridgehead atoms. The summed E-state index contributed by atoms with van der Waals surface area (Å²) in [5.41, 5.74) is 0.930. The maximum Gasteiger partial charge on any atom is 0.224 e.